The molecule has 2 N–H and O–H groups in total. The van der Waals surface area contributed by atoms with Crippen LogP contribution in [0.15, 0.2) is 59.9 Å². The molecule has 0 atom stereocenters. The van der Waals surface area contributed by atoms with E-state index in [0.29, 0.717) is 12.4 Å². The second-order valence-electron chi connectivity index (χ2n) is 5.95. The van der Waals surface area contributed by atoms with Crippen molar-refractivity contribution in [1.82, 2.24) is 20.2 Å². The molecule has 0 spiro atoms. The van der Waals surface area contributed by atoms with Gasteiger partial charge in [0, 0.05) is 50.2 Å². The van der Waals surface area contributed by atoms with Crippen molar-refractivity contribution in [3.05, 3.63) is 60.4 Å². The van der Waals surface area contributed by atoms with Gasteiger partial charge in [-0.05, 0) is 30.0 Å². The zero-order valence-corrected chi connectivity index (χ0v) is 18.0. The van der Waals surface area contributed by atoms with Crippen molar-refractivity contribution in [3.8, 4) is 5.88 Å². The lowest BCUT2D eigenvalue weighted by Crippen LogP contribution is -2.37. The number of benzene rings is 1. The summed E-state index contributed by atoms with van der Waals surface area (Å²) in [6, 6.07) is 14.5. The third kappa shape index (κ3) is 5.59. The first kappa shape index (κ1) is 21.0. The standard InChI is InChI=1S/C20H25N5O.HI/c1-21-20(24-15-17-8-5-11-22-19(17)26-2)23-12-6-13-25-14-10-16-7-3-4-9-18(16)25;/h3-5,7-11,14H,6,12-13,15H2,1-2H3,(H2,21,23,24);1H. The lowest BCUT2D eigenvalue weighted by Gasteiger charge is -2.13. The van der Waals surface area contributed by atoms with Crippen LogP contribution in [0.1, 0.15) is 12.0 Å². The summed E-state index contributed by atoms with van der Waals surface area (Å²) in [6.07, 6.45) is 4.88. The Morgan fingerprint density at radius 2 is 2.00 bits per heavy atom. The first-order chi connectivity index (χ1) is 12.8. The van der Waals surface area contributed by atoms with E-state index in [1.807, 2.05) is 12.1 Å². The van der Waals surface area contributed by atoms with Gasteiger partial charge < -0.3 is 19.9 Å². The number of nitrogens with zero attached hydrogens (tertiary/aromatic N) is 3. The molecule has 2 heterocycles. The Labute approximate surface area is 177 Å². The highest BCUT2D eigenvalue weighted by atomic mass is 127. The van der Waals surface area contributed by atoms with Crippen LogP contribution in [-0.2, 0) is 13.1 Å². The van der Waals surface area contributed by atoms with Crippen LogP contribution in [0.2, 0.25) is 0 Å². The molecule has 0 saturated heterocycles. The summed E-state index contributed by atoms with van der Waals surface area (Å²) < 4.78 is 7.56. The van der Waals surface area contributed by atoms with Crippen LogP contribution in [0.25, 0.3) is 10.9 Å². The number of rotatable bonds is 7. The van der Waals surface area contributed by atoms with Crippen LogP contribution < -0.4 is 15.4 Å². The molecule has 0 unspecified atom stereocenters. The van der Waals surface area contributed by atoms with E-state index in [1.54, 1.807) is 20.4 Å². The highest BCUT2D eigenvalue weighted by molar-refractivity contribution is 14.0. The predicted octanol–water partition coefficient (Wildman–Crippen LogP) is 3.42. The Morgan fingerprint density at radius 1 is 1.15 bits per heavy atom. The van der Waals surface area contributed by atoms with Gasteiger partial charge in [-0.2, -0.15) is 0 Å². The quantitative estimate of drug-likeness (QED) is 0.236. The molecular weight excluding hydrogens is 453 g/mol. The van der Waals surface area contributed by atoms with Crippen molar-refractivity contribution in [1.29, 1.82) is 0 Å². The van der Waals surface area contributed by atoms with Gasteiger partial charge in [0.15, 0.2) is 5.96 Å². The highest BCUT2D eigenvalue weighted by Crippen LogP contribution is 2.15. The molecule has 0 aliphatic rings. The number of nitrogens with one attached hydrogen (secondary N) is 2. The fourth-order valence-corrected chi connectivity index (χ4v) is 2.93. The smallest absolute Gasteiger partial charge is 0.218 e. The number of fused-ring (bicyclic) bond motifs is 1. The second kappa shape index (κ2) is 10.8. The van der Waals surface area contributed by atoms with Crippen LogP contribution in [0.3, 0.4) is 0 Å². The van der Waals surface area contributed by atoms with Crippen LogP contribution in [-0.4, -0.2) is 36.2 Å². The minimum atomic E-state index is 0. The normalized spacial score (nSPS) is 11.1. The molecule has 2 aromatic heterocycles. The van der Waals surface area contributed by atoms with Gasteiger partial charge in [-0.25, -0.2) is 4.98 Å². The summed E-state index contributed by atoms with van der Waals surface area (Å²) in [7, 11) is 3.40. The number of pyridine rings is 1. The van der Waals surface area contributed by atoms with E-state index in [0.717, 1.165) is 31.0 Å². The lowest BCUT2D eigenvalue weighted by molar-refractivity contribution is 0.392. The number of hydrogen-bond acceptors (Lipinski definition) is 3. The average molecular weight is 479 g/mol. The van der Waals surface area contributed by atoms with Gasteiger partial charge in [0.05, 0.1) is 7.11 Å². The molecular formula is C20H26IN5O. The van der Waals surface area contributed by atoms with Gasteiger partial charge in [-0.3, -0.25) is 4.99 Å². The summed E-state index contributed by atoms with van der Waals surface area (Å²) >= 11 is 0. The number of aliphatic imine (C=N–C) groups is 1. The van der Waals surface area contributed by atoms with Gasteiger partial charge in [-0.1, -0.05) is 24.3 Å². The SMILES string of the molecule is CN=C(NCCCn1ccc2ccccc21)NCc1cccnc1OC.I. The molecule has 3 rings (SSSR count). The van der Waals surface area contributed by atoms with Gasteiger partial charge in [0.25, 0.3) is 0 Å². The molecule has 0 amide bonds. The van der Waals surface area contributed by atoms with Gasteiger partial charge in [0.1, 0.15) is 0 Å². The second-order valence-corrected chi connectivity index (χ2v) is 5.95. The third-order valence-electron chi connectivity index (χ3n) is 4.26. The molecule has 1 aromatic carbocycles. The summed E-state index contributed by atoms with van der Waals surface area (Å²) in [5.74, 6) is 1.41. The van der Waals surface area contributed by atoms with E-state index in [9.17, 15) is 0 Å². The van der Waals surface area contributed by atoms with Crippen LogP contribution in [0, 0.1) is 0 Å². The Balaban J connectivity index is 0.00000261. The number of para-hydroxylation sites is 1. The fraction of sp³-hybridized carbons (Fsp3) is 0.300. The van der Waals surface area contributed by atoms with Crippen molar-refractivity contribution >= 4 is 40.8 Å². The Kier molecular flexibility index (Phi) is 8.38. The Hall–Kier alpha value is -2.29. The minimum Gasteiger partial charge on any atom is -0.481 e. The summed E-state index contributed by atoms with van der Waals surface area (Å²) in [5.41, 5.74) is 2.27. The number of aryl methyl sites for hydroxylation is 1. The molecule has 6 nitrogen and oxygen atoms in total. The maximum absolute atomic E-state index is 5.27. The minimum absolute atomic E-state index is 0. The van der Waals surface area contributed by atoms with Crippen molar-refractivity contribution < 1.29 is 4.74 Å². The number of ether oxygens (including phenoxy) is 1. The van der Waals surface area contributed by atoms with Crippen molar-refractivity contribution in [3.63, 3.8) is 0 Å². The van der Waals surface area contributed by atoms with Crippen molar-refractivity contribution in [2.24, 2.45) is 4.99 Å². The fourth-order valence-electron chi connectivity index (χ4n) is 2.93. The van der Waals surface area contributed by atoms with Gasteiger partial charge >= 0.3 is 0 Å². The van der Waals surface area contributed by atoms with E-state index in [2.05, 4.69) is 61.7 Å². The lowest BCUT2D eigenvalue weighted by atomic mass is 10.2. The molecule has 0 aliphatic carbocycles. The largest absolute Gasteiger partial charge is 0.481 e. The number of halogens is 1. The molecule has 27 heavy (non-hydrogen) atoms. The molecule has 0 saturated carbocycles. The molecule has 144 valence electrons. The number of methoxy groups -OCH3 is 1. The summed E-state index contributed by atoms with van der Waals surface area (Å²) in [6.45, 7) is 2.42. The van der Waals surface area contributed by atoms with Gasteiger partial charge in [-0.15, -0.1) is 24.0 Å². The zero-order valence-electron chi connectivity index (χ0n) is 15.7. The average Bonchev–Trinajstić information content (AvgIpc) is 3.11. The highest BCUT2D eigenvalue weighted by Gasteiger charge is 2.05. The van der Waals surface area contributed by atoms with Crippen LogP contribution >= 0.6 is 24.0 Å². The third-order valence-corrected chi connectivity index (χ3v) is 4.26. The monoisotopic (exact) mass is 479 g/mol. The molecule has 7 heteroatoms. The van der Waals surface area contributed by atoms with Crippen LogP contribution in [0.4, 0.5) is 0 Å². The van der Waals surface area contributed by atoms with E-state index >= 15 is 0 Å². The van der Waals surface area contributed by atoms with E-state index < -0.39 is 0 Å². The van der Waals surface area contributed by atoms with Gasteiger partial charge in [0.2, 0.25) is 5.88 Å². The van der Waals surface area contributed by atoms with E-state index in [1.165, 1.54) is 10.9 Å². The maximum atomic E-state index is 5.27. The first-order valence-electron chi connectivity index (χ1n) is 8.78. The molecule has 3 aromatic rings. The Morgan fingerprint density at radius 3 is 2.81 bits per heavy atom. The molecule has 0 bridgehead atoms. The molecule has 0 aliphatic heterocycles. The summed E-state index contributed by atoms with van der Waals surface area (Å²) in [5, 5.41) is 7.93. The predicted molar refractivity (Wildman–Crippen MR) is 121 cm³/mol. The maximum Gasteiger partial charge on any atom is 0.218 e. The van der Waals surface area contributed by atoms with Crippen molar-refractivity contribution in [2.75, 3.05) is 20.7 Å². The van der Waals surface area contributed by atoms with E-state index in [-0.39, 0.29) is 24.0 Å². The number of guanidine groups is 1. The Bertz CT molecular complexity index is 877. The summed E-state index contributed by atoms with van der Waals surface area (Å²) in [4.78, 5) is 8.47. The van der Waals surface area contributed by atoms with Crippen LogP contribution in [0.5, 0.6) is 5.88 Å². The number of aromatic nitrogens is 2. The van der Waals surface area contributed by atoms with Crippen molar-refractivity contribution in [2.45, 2.75) is 19.5 Å². The molecule has 0 fully saturated rings. The van der Waals surface area contributed by atoms with E-state index in [4.69, 9.17) is 4.74 Å². The molecule has 0 radical (unpaired) electrons. The number of hydrogen-bond donors (Lipinski definition) is 2. The first-order valence-corrected chi connectivity index (χ1v) is 8.78. The zero-order chi connectivity index (χ0) is 18.2. The topological polar surface area (TPSA) is 63.5 Å².